The van der Waals surface area contributed by atoms with Crippen LogP contribution in [0.1, 0.15) is 30.9 Å². The largest absolute Gasteiger partial charge is 0.480 e. The maximum Gasteiger partial charge on any atom is 0.326 e. The molecule has 0 saturated heterocycles. The van der Waals surface area contributed by atoms with Crippen molar-refractivity contribution in [1.82, 2.24) is 10.5 Å². The van der Waals surface area contributed by atoms with Crippen LogP contribution in [0.5, 0.6) is 0 Å². The molecule has 2 N–H and O–H groups in total. The number of aryl methyl sites for hydroxylation is 2. The Morgan fingerprint density at radius 1 is 1.39 bits per heavy atom. The van der Waals surface area contributed by atoms with Crippen LogP contribution in [0.3, 0.4) is 0 Å². The summed E-state index contributed by atoms with van der Waals surface area (Å²) in [5.41, 5.74) is 1.36. The predicted octanol–water partition coefficient (Wildman–Crippen LogP) is 1.06. The van der Waals surface area contributed by atoms with Gasteiger partial charge >= 0.3 is 5.97 Å². The molecular formula is C12H18N2O4. The molecule has 1 rings (SSSR count). The van der Waals surface area contributed by atoms with E-state index in [4.69, 9.17) is 9.63 Å². The van der Waals surface area contributed by atoms with Gasteiger partial charge in [0.25, 0.3) is 0 Å². The van der Waals surface area contributed by atoms with Crippen molar-refractivity contribution in [3.05, 3.63) is 17.0 Å². The first kappa shape index (κ1) is 14.2. The Labute approximate surface area is 105 Å². The lowest BCUT2D eigenvalue weighted by molar-refractivity contribution is -0.143. The Morgan fingerprint density at radius 2 is 2.00 bits per heavy atom. The fraction of sp³-hybridized carbons (Fsp3) is 0.583. The summed E-state index contributed by atoms with van der Waals surface area (Å²) in [5, 5.41) is 15.2. The SMILES string of the molecule is Cc1noc(C)c1CC(=O)N[C@@H](C(=O)O)C(C)C. The minimum Gasteiger partial charge on any atom is -0.480 e. The van der Waals surface area contributed by atoms with Gasteiger partial charge in [-0.1, -0.05) is 19.0 Å². The van der Waals surface area contributed by atoms with Gasteiger partial charge in [-0.25, -0.2) is 4.79 Å². The molecule has 6 nitrogen and oxygen atoms in total. The highest BCUT2D eigenvalue weighted by atomic mass is 16.5. The molecule has 100 valence electrons. The number of carbonyl (C=O) groups excluding carboxylic acids is 1. The van der Waals surface area contributed by atoms with Gasteiger partial charge in [0.05, 0.1) is 12.1 Å². The average molecular weight is 254 g/mol. The monoisotopic (exact) mass is 254 g/mol. The van der Waals surface area contributed by atoms with Crippen LogP contribution in [0.25, 0.3) is 0 Å². The van der Waals surface area contributed by atoms with E-state index in [9.17, 15) is 9.59 Å². The summed E-state index contributed by atoms with van der Waals surface area (Å²) in [6.45, 7) is 6.96. The van der Waals surface area contributed by atoms with Crippen LogP contribution in [0, 0.1) is 19.8 Å². The molecular weight excluding hydrogens is 236 g/mol. The minimum atomic E-state index is -1.03. The number of aliphatic carboxylic acids is 1. The van der Waals surface area contributed by atoms with E-state index in [0.717, 1.165) is 0 Å². The fourth-order valence-corrected chi connectivity index (χ4v) is 1.65. The summed E-state index contributed by atoms with van der Waals surface area (Å²) in [7, 11) is 0. The van der Waals surface area contributed by atoms with Crippen LogP contribution in [0.2, 0.25) is 0 Å². The molecule has 18 heavy (non-hydrogen) atoms. The Balaban J connectivity index is 2.69. The van der Waals surface area contributed by atoms with Gasteiger partial charge in [-0.3, -0.25) is 4.79 Å². The number of amides is 1. The molecule has 1 aromatic heterocycles. The molecule has 0 saturated carbocycles. The number of rotatable bonds is 5. The van der Waals surface area contributed by atoms with Gasteiger partial charge in [0.2, 0.25) is 5.91 Å². The Morgan fingerprint density at radius 3 is 2.39 bits per heavy atom. The van der Waals surface area contributed by atoms with E-state index < -0.39 is 12.0 Å². The zero-order valence-corrected chi connectivity index (χ0v) is 11.0. The standard InChI is InChI=1S/C12H18N2O4/c1-6(2)11(12(16)17)13-10(15)5-9-7(3)14-18-8(9)4/h6,11H,5H2,1-4H3,(H,13,15)(H,16,17)/t11-/m1/s1. The summed E-state index contributed by atoms with van der Waals surface area (Å²) in [6, 6.07) is -0.877. The summed E-state index contributed by atoms with van der Waals surface area (Å²) in [4.78, 5) is 22.8. The fourth-order valence-electron chi connectivity index (χ4n) is 1.65. The van der Waals surface area contributed by atoms with Gasteiger partial charge in [-0.05, 0) is 19.8 Å². The predicted molar refractivity (Wildman–Crippen MR) is 64.1 cm³/mol. The Hall–Kier alpha value is -1.85. The van der Waals surface area contributed by atoms with Crippen molar-refractivity contribution in [2.45, 2.75) is 40.2 Å². The highest BCUT2D eigenvalue weighted by molar-refractivity contribution is 5.85. The second-order valence-corrected chi connectivity index (χ2v) is 4.61. The molecule has 1 atom stereocenters. The molecule has 1 aromatic rings. The minimum absolute atomic E-state index is 0.0810. The lowest BCUT2D eigenvalue weighted by atomic mass is 10.0. The normalized spacial score (nSPS) is 12.5. The van der Waals surface area contributed by atoms with Crippen molar-refractivity contribution in [1.29, 1.82) is 0 Å². The third-order valence-corrected chi connectivity index (χ3v) is 2.77. The van der Waals surface area contributed by atoms with E-state index >= 15 is 0 Å². The molecule has 1 heterocycles. The second kappa shape index (κ2) is 5.66. The van der Waals surface area contributed by atoms with Gasteiger partial charge in [0.15, 0.2) is 0 Å². The lowest BCUT2D eigenvalue weighted by Gasteiger charge is -2.17. The summed E-state index contributed by atoms with van der Waals surface area (Å²) < 4.78 is 4.95. The first-order valence-corrected chi connectivity index (χ1v) is 5.76. The molecule has 0 bridgehead atoms. The third kappa shape index (κ3) is 3.32. The molecule has 0 unspecified atom stereocenters. The van der Waals surface area contributed by atoms with Crippen molar-refractivity contribution < 1.29 is 19.2 Å². The van der Waals surface area contributed by atoms with E-state index in [0.29, 0.717) is 17.0 Å². The van der Waals surface area contributed by atoms with Crippen LogP contribution >= 0.6 is 0 Å². The molecule has 0 spiro atoms. The number of hydrogen-bond donors (Lipinski definition) is 2. The maximum atomic E-state index is 11.8. The van der Waals surface area contributed by atoms with E-state index in [2.05, 4.69) is 10.5 Å². The van der Waals surface area contributed by atoms with Crippen molar-refractivity contribution in [3.8, 4) is 0 Å². The van der Waals surface area contributed by atoms with Crippen molar-refractivity contribution in [2.24, 2.45) is 5.92 Å². The molecule has 0 aliphatic carbocycles. The van der Waals surface area contributed by atoms with Crippen LogP contribution in [-0.4, -0.2) is 28.2 Å². The summed E-state index contributed by atoms with van der Waals surface area (Å²) in [5.74, 6) is -0.960. The molecule has 1 amide bonds. The number of carboxylic acids is 1. The van der Waals surface area contributed by atoms with Gasteiger partial charge in [-0.2, -0.15) is 0 Å². The smallest absolute Gasteiger partial charge is 0.326 e. The van der Waals surface area contributed by atoms with E-state index in [-0.39, 0.29) is 18.2 Å². The van der Waals surface area contributed by atoms with Crippen LogP contribution in [-0.2, 0) is 16.0 Å². The summed E-state index contributed by atoms with van der Waals surface area (Å²) >= 11 is 0. The van der Waals surface area contributed by atoms with Gasteiger partial charge in [0.1, 0.15) is 11.8 Å². The van der Waals surface area contributed by atoms with Crippen LogP contribution < -0.4 is 5.32 Å². The van der Waals surface area contributed by atoms with Gasteiger partial charge in [-0.15, -0.1) is 0 Å². The molecule has 0 aliphatic rings. The zero-order valence-electron chi connectivity index (χ0n) is 11.0. The number of nitrogens with zero attached hydrogens (tertiary/aromatic N) is 1. The van der Waals surface area contributed by atoms with Gasteiger partial charge in [0, 0.05) is 5.56 Å². The molecule has 0 aromatic carbocycles. The molecule has 0 radical (unpaired) electrons. The quantitative estimate of drug-likeness (QED) is 0.819. The molecule has 0 fully saturated rings. The Kier molecular flexibility index (Phi) is 4.47. The highest BCUT2D eigenvalue weighted by Crippen LogP contribution is 2.13. The molecule has 0 aliphatic heterocycles. The topological polar surface area (TPSA) is 92.4 Å². The number of carbonyl (C=O) groups is 2. The zero-order chi connectivity index (χ0) is 13.9. The van der Waals surface area contributed by atoms with E-state index in [1.54, 1.807) is 27.7 Å². The number of aromatic nitrogens is 1. The average Bonchev–Trinajstić information content (AvgIpc) is 2.56. The van der Waals surface area contributed by atoms with E-state index in [1.165, 1.54) is 0 Å². The first-order valence-electron chi connectivity index (χ1n) is 5.76. The second-order valence-electron chi connectivity index (χ2n) is 4.61. The Bertz CT molecular complexity index is 431. The number of hydrogen-bond acceptors (Lipinski definition) is 4. The molecule has 6 heteroatoms. The highest BCUT2D eigenvalue weighted by Gasteiger charge is 2.24. The van der Waals surface area contributed by atoms with Crippen LogP contribution in [0.4, 0.5) is 0 Å². The van der Waals surface area contributed by atoms with Crippen LogP contribution in [0.15, 0.2) is 4.52 Å². The van der Waals surface area contributed by atoms with Gasteiger partial charge < -0.3 is 14.9 Å². The van der Waals surface area contributed by atoms with Crippen molar-refractivity contribution in [3.63, 3.8) is 0 Å². The number of nitrogens with one attached hydrogen (secondary N) is 1. The lowest BCUT2D eigenvalue weighted by Crippen LogP contribution is -2.45. The van der Waals surface area contributed by atoms with Crippen molar-refractivity contribution in [2.75, 3.05) is 0 Å². The van der Waals surface area contributed by atoms with E-state index in [1.807, 2.05) is 0 Å². The van der Waals surface area contributed by atoms with Crippen molar-refractivity contribution >= 4 is 11.9 Å². The maximum absolute atomic E-state index is 11.8. The third-order valence-electron chi connectivity index (χ3n) is 2.77. The first-order chi connectivity index (χ1) is 8.32. The number of carboxylic acid groups (broad SMARTS) is 1. The summed E-state index contributed by atoms with van der Waals surface area (Å²) in [6.07, 6.45) is 0.0810.